The molecule has 0 fully saturated rings. The molecule has 0 radical (unpaired) electrons. The number of amides is 1. The number of anilines is 1. The first-order chi connectivity index (χ1) is 17.8. The Balaban J connectivity index is 0.000000926. The number of carbonyl (C=O) groups is 3. The second-order valence-corrected chi connectivity index (χ2v) is 9.45. The van der Waals surface area contributed by atoms with Crippen LogP contribution in [0.1, 0.15) is 38.3 Å². The maximum atomic E-state index is 13.0. The fraction of sp³-hybridized carbons (Fsp3) is 0.154. The highest BCUT2D eigenvalue weighted by Gasteiger charge is 2.19. The lowest BCUT2D eigenvalue weighted by Crippen LogP contribution is -2.15. The number of amidine groups is 1. The Morgan fingerprint density at radius 2 is 1.55 bits per heavy atom. The van der Waals surface area contributed by atoms with Crippen LogP contribution in [0.5, 0.6) is 0 Å². The molecule has 1 amide bonds. The standard InChI is InChI=1S/C25H23N3O5.CH4O3S/c1-33-22(29)13-7-15-6-12-19(21(14-15)25(31)32)18-4-2-3-5-20(18)24(30)28-17-10-8-16(9-11-17)23(26)27;1-5(2,3)4/h2-6,8-12,14H,7,13H2,1H3,(H3,26,27)(H,28,30)(H,31,32);1H3,(H,2,3,4). The molecule has 3 rings (SSSR count). The zero-order valence-corrected chi connectivity index (χ0v) is 21.4. The van der Waals surface area contributed by atoms with Crippen molar-refractivity contribution in [2.75, 3.05) is 18.7 Å². The van der Waals surface area contributed by atoms with E-state index in [-0.39, 0.29) is 23.8 Å². The number of nitrogens with one attached hydrogen (secondary N) is 2. The highest BCUT2D eigenvalue weighted by atomic mass is 32.2. The lowest BCUT2D eigenvalue weighted by Gasteiger charge is -2.14. The number of carboxylic acids is 1. The lowest BCUT2D eigenvalue weighted by atomic mass is 9.92. The quantitative estimate of drug-likeness (QED) is 0.123. The minimum Gasteiger partial charge on any atom is -0.478 e. The number of carboxylic acid groups (broad SMARTS) is 1. The summed E-state index contributed by atoms with van der Waals surface area (Å²) in [5, 5.41) is 20.0. The molecular formula is C26H27N3O8S. The van der Waals surface area contributed by atoms with Crippen LogP contribution < -0.4 is 11.1 Å². The van der Waals surface area contributed by atoms with Gasteiger partial charge in [0.05, 0.1) is 18.9 Å². The van der Waals surface area contributed by atoms with Crippen molar-refractivity contribution in [3.63, 3.8) is 0 Å². The van der Waals surface area contributed by atoms with Crippen molar-refractivity contribution in [3.8, 4) is 11.1 Å². The van der Waals surface area contributed by atoms with Gasteiger partial charge in [0.2, 0.25) is 0 Å². The van der Waals surface area contributed by atoms with Crippen molar-refractivity contribution in [2.45, 2.75) is 12.8 Å². The molecule has 0 saturated heterocycles. The van der Waals surface area contributed by atoms with Crippen molar-refractivity contribution in [3.05, 3.63) is 89.0 Å². The van der Waals surface area contributed by atoms with Gasteiger partial charge >= 0.3 is 11.9 Å². The van der Waals surface area contributed by atoms with E-state index in [0.717, 1.165) is 0 Å². The molecule has 3 aromatic carbocycles. The van der Waals surface area contributed by atoms with Crippen molar-refractivity contribution in [1.29, 1.82) is 5.41 Å². The summed E-state index contributed by atoms with van der Waals surface area (Å²) in [7, 11) is -2.37. The highest BCUT2D eigenvalue weighted by Crippen LogP contribution is 2.29. The van der Waals surface area contributed by atoms with Crippen LogP contribution in [0.4, 0.5) is 5.69 Å². The number of methoxy groups -OCH3 is 1. The first-order valence-corrected chi connectivity index (χ1v) is 12.9. The summed E-state index contributed by atoms with van der Waals surface area (Å²) >= 11 is 0. The molecule has 6 N–H and O–H groups in total. The van der Waals surface area contributed by atoms with Crippen LogP contribution in [0.3, 0.4) is 0 Å². The predicted molar refractivity (Wildman–Crippen MR) is 142 cm³/mol. The van der Waals surface area contributed by atoms with Gasteiger partial charge in [0.15, 0.2) is 0 Å². The number of aryl methyl sites for hydroxylation is 1. The van der Waals surface area contributed by atoms with Gasteiger partial charge in [-0.15, -0.1) is 0 Å². The molecule has 0 atom stereocenters. The Bertz CT molecular complexity index is 1440. The molecule has 0 aliphatic rings. The Hall–Kier alpha value is -4.55. The molecule has 0 spiro atoms. The summed E-state index contributed by atoms with van der Waals surface area (Å²) in [5.74, 6) is -2.00. The Morgan fingerprint density at radius 1 is 0.974 bits per heavy atom. The second kappa shape index (κ2) is 13.1. The summed E-state index contributed by atoms with van der Waals surface area (Å²) in [6, 6.07) is 18.1. The largest absolute Gasteiger partial charge is 0.478 e. The third-order valence-corrected chi connectivity index (χ3v) is 5.08. The van der Waals surface area contributed by atoms with Gasteiger partial charge in [-0.25, -0.2) is 4.79 Å². The normalized spacial score (nSPS) is 10.5. The maximum absolute atomic E-state index is 13.0. The summed E-state index contributed by atoms with van der Waals surface area (Å²) in [6.45, 7) is 0. The summed E-state index contributed by atoms with van der Waals surface area (Å²) in [4.78, 5) is 36.4. The van der Waals surface area contributed by atoms with E-state index in [1.54, 1.807) is 60.7 Å². The molecule has 0 aromatic heterocycles. The van der Waals surface area contributed by atoms with Crippen LogP contribution in [-0.4, -0.2) is 55.1 Å². The topological polar surface area (TPSA) is 197 Å². The molecule has 0 heterocycles. The van der Waals surface area contributed by atoms with Crippen molar-refractivity contribution in [1.82, 2.24) is 0 Å². The molecule has 0 aliphatic heterocycles. The van der Waals surface area contributed by atoms with Gasteiger partial charge in [-0.05, 0) is 59.5 Å². The Labute approximate surface area is 219 Å². The number of esters is 1. The lowest BCUT2D eigenvalue weighted by molar-refractivity contribution is -0.140. The summed E-state index contributed by atoms with van der Waals surface area (Å²) < 4.78 is 30.5. The molecule has 11 nitrogen and oxygen atoms in total. The second-order valence-electron chi connectivity index (χ2n) is 7.98. The number of nitrogens with two attached hydrogens (primary N) is 1. The molecular weight excluding hydrogens is 514 g/mol. The van der Waals surface area contributed by atoms with Gasteiger partial charge in [-0.2, -0.15) is 8.42 Å². The average molecular weight is 542 g/mol. The SMILES string of the molecule is COC(=O)CCc1ccc(-c2ccccc2C(=O)Nc2ccc(C(=N)N)cc2)c(C(=O)O)c1.CS(=O)(=O)O. The van der Waals surface area contributed by atoms with Gasteiger partial charge in [-0.1, -0.05) is 30.3 Å². The Morgan fingerprint density at radius 3 is 2.11 bits per heavy atom. The first kappa shape index (κ1) is 29.7. The third-order valence-electron chi connectivity index (χ3n) is 5.08. The number of benzene rings is 3. The van der Waals surface area contributed by atoms with E-state index >= 15 is 0 Å². The number of nitrogen functional groups attached to an aromatic ring is 1. The fourth-order valence-electron chi connectivity index (χ4n) is 3.35. The summed E-state index contributed by atoms with van der Waals surface area (Å²) in [5.41, 5.74) is 8.37. The number of hydrogen-bond donors (Lipinski definition) is 5. The van der Waals surface area contributed by atoms with E-state index in [1.165, 1.54) is 13.2 Å². The van der Waals surface area contributed by atoms with Gasteiger partial charge in [0.1, 0.15) is 5.84 Å². The van der Waals surface area contributed by atoms with Gasteiger partial charge in [-0.3, -0.25) is 19.6 Å². The minimum atomic E-state index is -3.67. The van der Waals surface area contributed by atoms with Crippen LogP contribution >= 0.6 is 0 Å². The number of rotatable bonds is 8. The fourth-order valence-corrected chi connectivity index (χ4v) is 3.35. The van der Waals surface area contributed by atoms with Crippen LogP contribution in [0.25, 0.3) is 11.1 Å². The van der Waals surface area contributed by atoms with Crippen LogP contribution in [0.2, 0.25) is 0 Å². The zero-order chi connectivity index (χ0) is 28.5. The monoisotopic (exact) mass is 541 g/mol. The third kappa shape index (κ3) is 9.15. The summed E-state index contributed by atoms with van der Waals surface area (Å²) in [6.07, 6.45) is 1.19. The van der Waals surface area contributed by atoms with E-state index < -0.39 is 22.0 Å². The van der Waals surface area contributed by atoms with E-state index in [9.17, 15) is 27.9 Å². The van der Waals surface area contributed by atoms with Gasteiger partial charge in [0, 0.05) is 23.2 Å². The molecule has 0 saturated carbocycles. The molecule has 0 unspecified atom stereocenters. The van der Waals surface area contributed by atoms with Gasteiger partial charge < -0.3 is 20.9 Å². The van der Waals surface area contributed by atoms with Crippen molar-refractivity contribution in [2.24, 2.45) is 5.73 Å². The van der Waals surface area contributed by atoms with Crippen LogP contribution in [-0.2, 0) is 26.1 Å². The van der Waals surface area contributed by atoms with Crippen LogP contribution in [0.15, 0.2) is 66.7 Å². The minimum absolute atomic E-state index is 0.0310. The number of aromatic carboxylic acids is 1. The van der Waals surface area contributed by atoms with E-state index in [4.69, 9.17) is 15.7 Å². The van der Waals surface area contributed by atoms with Crippen molar-refractivity contribution < 1.29 is 37.2 Å². The number of hydrogen-bond acceptors (Lipinski definition) is 7. The van der Waals surface area contributed by atoms with Crippen molar-refractivity contribution >= 4 is 39.5 Å². The first-order valence-electron chi connectivity index (χ1n) is 11.0. The highest BCUT2D eigenvalue weighted by molar-refractivity contribution is 7.85. The number of ether oxygens (including phenoxy) is 1. The zero-order valence-electron chi connectivity index (χ0n) is 20.6. The van der Waals surface area contributed by atoms with E-state index in [0.29, 0.717) is 46.2 Å². The Kier molecular flexibility index (Phi) is 10.3. The smallest absolute Gasteiger partial charge is 0.336 e. The molecule has 12 heteroatoms. The molecule has 0 bridgehead atoms. The molecule has 38 heavy (non-hydrogen) atoms. The van der Waals surface area contributed by atoms with E-state index in [2.05, 4.69) is 10.1 Å². The maximum Gasteiger partial charge on any atom is 0.336 e. The van der Waals surface area contributed by atoms with E-state index in [1.807, 2.05) is 0 Å². The van der Waals surface area contributed by atoms with Gasteiger partial charge in [0.25, 0.3) is 16.0 Å². The van der Waals surface area contributed by atoms with Crippen LogP contribution in [0, 0.1) is 5.41 Å². The molecule has 3 aromatic rings. The average Bonchev–Trinajstić information content (AvgIpc) is 2.86. The predicted octanol–water partition coefficient (Wildman–Crippen LogP) is 3.20. The number of carbonyl (C=O) groups excluding carboxylic acids is 2. The molecule has 0 aliphatic carbocycles. The molecule has 200 valence electrons.